The van der Waals surface area contributed by atoms with Crippen molar-refractivity contribution >= 4 is 11.9 Å². The Kier molecular flexibility index (Phi) is 6.41. The molecule has 1 aromatic carbocycles. The van der Waals surface area contributed by atoms with Gasteiger partial charge in [0, 0.05) is 0 Å². The molecule has 1 aliphatic carbocycles. The van der Waals surface area contributed by atoms with Gasteiger partial charge in [0.1, 0.15) is 11.5 Å². The molecule has 1 fully saturated rings. The van der Waals surface area contributed by atoms with E-state index in [4.69, 9.17) is 4.74 Å². The van der Waals surface area contributed by atoms with Crippen LogP contribution < -0.4 is 0 Å². The maximum absolute atomic E-state index is 12.5. The van der Waals surface area contributed by atoms with Crippen molar-refractivity contribution in [1.29, 1.82) is 0 Å². The summed E-state index contributed by atoms with van der Waals surface area (Å²) in [4.78, 5) is 24.5. The van der Waals surface area contributed by atoms with Crippen LogP contribution in [0.2, 0.25) is 0 Å². The largest absolute Gasteiger partial charge is 0.481 e. The first-order valence-corrected chi connectivity index (χ1v) is 9.01. The lowest BCUT2D eigenvalue weighted by Gasteiger charge is -2.31. The summed E-state index contributed by atoms with van der Waals surface area (Å²) in [6.45, 7) is 4.00. The number of carboxylic acid groups (broad SMARTS) is 1. The third-order valence-electron chi connectivity index (χ3n) is 5.22. The number of carbonyl (C=O) groups excluding carboxylic acids is 1. The van der Waals surface area contributed by atoms with Crippen molar-refractivity contribution in [1.82, 2.24) is 0 Å². The molecule has 0 bridgehead atoms. The molecule has 132 valence electrons. The Morgan fingerprint density at radius 1 is 1.25 bits per heavy atom. The molecule has 0 radical (unpaired) electrons. The summed E-state index contributed by atoms with van der Waals surface area (Å²) < 4.78 is 5.69. The second-order valence-electron chi connectivity index (χ2n) is 6.87. The Morgan fingerprint density at radius 2 is 2.00 bits per heavy atom. The van der Waals surface area contributed by atoms with E-state index in [1.165, 1.54) is 0 Å². The molecule has 1 aliphatic rings. The van der Waals surface area contributed by atoms with Gasteiger partial charge in [-0.3, -0.25) is 4.79 Å². The Hall–Kier alpha value is -1.84. The minimum absolute atomic E-state index is 0.404. The number of hydrogen-bond acceptors (Lipinski definition) is 3. The molecule has 0 amide bonds. The molecule has 2 atom stereocenters. The van der Waals surface area contributed by atoms with Gasteiger partial charge in [-0.25, -0.2) is 4.79 Å². The highest BCUT2D eigenvalue weighted by atomic mass is 16.5. The second-order valence-corrected chi connectivity index (χ2v) is 6.87. The first-order valence-electron chi connectivity index (χ1n) is 9.01. The summed E-state index contributed by atoms with van der Waals surface area (Å²) in [5.41, 5.74) is 0.463. The summed E-state index contributed by atoms with van der Waals surface area (Å²) in [5.74, 6) is -1.22. The molecule has 0 saturated heterocycles. The van der Waals surface area contributed by atoms with Crippen LogP contribution in [0.25, 0.3) is 0 Å². The Balaban J connectivity index is 2.10. The van der Waals surface area contributed by atoms with Crippen LogP contribution in [-0.2, 0) is 9.53 Å². The molecule has 1 aromatic rings. The van der Waals surface area contributed by atoms with E-state index < -0.39 is 23.5 Å². The van der Waals surface area contributed by atoms with Gasteiger partial charge >= 0.3 is 11.9 Å². The Labute approximate surface area is 144 Å². The molecule has 2 unspecified atom stereocenters. The lowest BCUT2D eigenvalue weighted by molar-refractivity contribution is -0.155. The van der Waals surface area contributed by atoms with Crippen LogP contribution in [0.15, 0.2) is 24.3 Å². The molecule has 2 rings (SSSR count). The highest BCUT2D eigenvalue weighted by Gasteiger charge is 2.51. The zero-order valence-corrected chi connectivity index (χ0v) is 14.7. The Bertz CT molecular complexity index is 581. The van der Waals surface area contributed by atoms with E-state index in [1.807, 2.05) is 19.1 Å². The van der Waals surface area contributed by atoms with Crippen LogP contribution >= 0.6 is 0 Å². The number of hydrogen-bond donors (Lipinski definition) is 1. The SMILES string of the molecule is CCCCCCC1(C(=O)O)CCCC1OC(=O)c1ccccc1C. The summed E-state index contributed by atoms with van der Waals surface area (Å²) in [6.07, 6.45) is 6.24. The van der Waals surface area contributed by atoms with Crippen LogP contribution in [0.4, 0.5) is 0 Å². The van der Waals surface area contributed by atoms with Gasteiger partial charge in [-0.15, -0.1) is 0 Å². The molecule has 4 heteroatoms. The fourth-order valence-electron chi connectivity index (χ4n) is 3.71. The van der Waals surface area contributed by atoms with Crippen molar-refractivity contribution in [3.05, 3.63) is 35.4 Å². The number of aliphatic carboxylic acids is 1. The predicted molar refractivity (Wildman–Crippen MR) is 93.1 cm³/mol. The zero-order chi connectivity index (χ0) is 17.6. The second kappa shape index (κ2) is 8.32. The van der Waals surface area contributed by atoms with Crippen molar-refractivity contribution in [2.24, 2.45) is 5.41 Å². The van der Waals surface area contributed by atoms with E-state index in [9.17, 15) is 14.7 Å². The highest BCUT2D eigenvalue weighted by molar-refractivity contribution is 5.91. The van der Waals surface area contributed by atoms with Crippen LogP contribution in [0.5, 0.6) is 0 Å². The number of esters is 1. The van der Waals surface area contributed by atoms with E-state index in [2.05, 4.69) is 6.92 Å². The number of carbonyl (C=O) groups is 2. The number of ether oxygens (including phenoxy) is 1. The van der Waals surface area contributed by atoms with E-state index in [0.717, 1.165) is 37.7 Å². The molecule has 1 saturated carbocycles. The molecule has 1 N–H and O–H groups in total. The molecule has 0 spiro atoms. The van der Waals surface area contributed by atoms with Gasteiger partial charge in [-0.05, 0) is 44.2 Å². The number of unbranched alkanes of at least 4 members (excludes halogenated alkanes) is 3. The predicted octanol–water partition coefficient (Wildman–Crippen LogP) is 4.75. The standard InChI is InChI=1S/C20H28O4/c1-3-4-5-8-13-20(19(22)23)14-9-12-17(20)24-18(21)16-11-7-6-10-15(16)2/h6-7,10-11,17H,3-5,8-9,12-14H2,1-2H3,(H,22,23). The van der Waals surface area contributed by atoms with Gasteiger partial charge in [-0.2, -0.15) is 0 Å². The Morgan fingerprint density at radius 3 is 2.67 bits per heavy atom. The maximum Gasteiger partial charge on any atom is 0.338 e. The highest BCUT2D eigenvalue weighted by Crippen LogP contribution is 2.45. The fraction of sp³-hybridized carbons (Fsp3) is 0.600. The summed E-state index contributed by atoms with van der Waals surface area (Å²) >= 11 is 0. The van der Waals surface area contributed by atoms with Crippen molar-refractivity contribution in [3.8, 4) is 0 Å². The van der Waals surface area contributed by atoms with Crippen molar-refractivity contribution < 1.29 is 19.4 Å². The van der Waals surface area contributed by atoms with Gasteiger partial charge in [0.15, 0.2) is 0 Å². The van der Waals surface area contributed by atoms with E-state index >= 15 is 0 Å². The average Bonchev–Trinajstić information content (AvgIpc) is 2.96. The summed E-state index contributed by atoms with van der Waals surface area (Å²) in [7, 11) is 0. The van der Waals surface area contributed by atoms with Crippen molar-refractivity contribution in [2.75, 3.05) is 0 Å². The van der Waals surface area contributed by atoms with E-state index in [0.29, 0.717) is 24.8 Å². The quantitative estimate of drug-likeness (QED) is 0.551. The summed E-state index contributed by atoms with van der Waals surface area (Å²) in [5, 5.41) is 9.84. The normalized spacial score (nSPS) is 23.2. The molecule has 4 nitrogen and oxygen atoms in total. The van der Waals surface area contributed by atoms with E-state index in [1.54, 1.807) is 12.1 Å². The van der Waals surface area contributed by atoms with E-state index in [-0.39, 0.29) is 0 Å². The third kappa shape index (κ3) is 3.97. The maximum atomic E-state index is 12.5. The third-order valence-corrected chi connectivity index (χ3v) is 5.22. The van der Waals surface area contributed by atoms with Crippen LogP contribution in [-0.4, -0.2) is 23.1 Å². The lowest BCUT2D eigenvalue weighted by Crippen LogP contribution is -2.41. The zero-order valence-electron chi connectivity index (χ0n) is 14.7. The topological polar surface area (TPSA) is 63.6 Å². The molecular formula is C20H28O4. The molecule has 0 heterocycles. The average molecular weight is 332 g/mol. The van der Waals surface area contributed by atoms with Crippen LogP contribution in [0, 0.1) is 12.3 Å². The van der Waals surface area contributed by atoms with Crippen LogP contribution in [0.1, 0.15) is 74.2 Å². The van der Waals surface area contributed by atoms with Gasteiger partial charge in [0.2, 0.25) is 0 Å². The molecule has 24 heavy (non-hydrogen) atoms. The number of carboxylic acids is 1. The minimum atomic E-state index is -0.911. The van der Waals surface area contributed by atoms with Crippen molar-refractivity contribution in [2.45, 2.75) is 71.3 Å². The molecular weight excluding hydrogens is 304 g/mol. The van der Waals surface area contributed by atoms with Crippen LogP contribution in [0.3, 0.4) is 0 Å². The number of rotatable bonds is 8. The molecule has 0 aliphatic heterocycles. The van der Waals surface area contributed by atoms with Gasteiger partial charge in [0.25, 0.3) is 0 Å². The summed E-state index contributed by atoms with van der Waals surface area (Å²) in [6, 6.07) is 7.27. The molecule has 0 aromatic heterocycles. The van der Waals surface area contributed by atoms with Gasteiger partial charge in [0.05, 0.1) is 5.56 Å². The van der Waals surface area contributed by atoms with Crippen molar-refractivity contribution in [3.63, 3.8) is 0 Å². The monoisotopic (exact) mass is 332 g/mol. The minimum Gasteiger partial charge on any atom is -0.481 e. The van der Waals surface area contributed by atoms with Gasteiger partial charge < -0.3 is 9.84 Å². The first-order chi connectivity index (χ1) is 11.5. The number of aryl methyl sites for hydroxylation is 1. The number of benzene rings is 1. The smallest absolute Gasteiger partial charge is 0.338 e. The first kappa shape index (κ1) is 18.5. The lowest BCUT2D eigenvalue weighted by atomic mass is 9.79. The fourth-order valence-corrected chi connectivity index (χ4v) is 3.71. The van der Waals surface area contributed by atoms with Gasteiger partial charge in [-0.1, -0.05) is 50.8 Å².